The summed E-state index contributed by atoms with van der Waals surface area (Å²) < 4.78 is 30.2. The van der Waals surface area contributed by atoms with Crippen LogP contribution in [0.15, 0.2) is 42.5 Å². The molecule has 7 nitrogen and oxygen atoms in total. The summed E-state index contributed by atoms with van der Waals surface area (Å²) in [5.74, 6) is -1.06. The van der Waals surface area contributed by atoms with E-state index < -0.39 is 28.0 Å². The maximum absolute atomic E-state index is 12.4. The Morgan fingerprint density at radius 1 is 1.18 bits per heavy atom. The molecule has 0 bridgehead atoms. The van der Waals surface area contributed by atoms with Crippen LogP contribution < -0.4 is 9.62 Å². The van der Waals surface area contributed by atoms with Crippen LogP contribution in [0.25, 0.3) is 0 Å². The molecular weight excluding hydrogens is 380 g/mol. The van der Waals surface area contributed by atoms with Gasteiger partial charge in [0.25, 0.3) is 5.91 Å². The third-order valence-electron chi connectivity index (χ3n) is 4.62. The number of hydrogen-bond acceptors (Lipinski definition) is 5. The quantitative estimate of drug-likeness (QED) is 0.776. The fourth-order valence-corrected chi connectivity index (χ4v) is 4.03. The summed E-state index contributed by atoms with van der Waals surface area (Å²) in [6.07, 6.45) is 0.694. The normalized spacial score (nSPS) is 14.3. The van der Waals surface area contributed by atoms with Gasteiger partial charge in [0.15, 0.2) is 6.10 Å². The van der Waals surface area contributed by atoms with Crippen molar-refractivity contribution in [2.24, 2.45) is 0 Å². The molecule has 1 aliphatic rings. The monoisotopic (exact) mass is 402 g/mol. The lowest BCUT2D eigenvalue weighted by molar-refractivity contribution is -0.123. The lowest BCUT2D eigenvalue weighted by Crippen LogP contribution is -2.30. The van der Waals surface area contributed by atoms with E-state index in [0.29, 0.717) is 24.3 Å². The fourth-order valence-electron chi connectivity index (χ4n) is 3.07. The zero-order chi connectivity index (χ0) is 20.5. The van der Waals surface area contributed by atoms with Gasteiger partial charge in [-0.3, -0.25) is 9.10 Å². The molecule has 0 aliphatic carbocycles. The van der Waals surface area contributed by atoms with Crippen LogP contribution in [0.3, 0.4) is 0 Å². The second-order valence-corrected chi connectivity index (χ2v) is 8.69. The van der Waals surface area contributed by atoms with E-state index in [2.05, 4.69) is 5.32 Å². The molecule has 2 aromatic carbocycles. The number of fused-ring (bicyclic) bond motifs is 1. The van der Waals surface area contributed by atoms with Crippen LogP contribution in [0.2, 0.25) is 0 Å². The minimum absolute atomic E-state index is 0.282. The van der Waals surface area contributed by atoms with Crippen molar-refractivity contribution < 1.29 is 22.7 Å². The smallest absolute Gasteiger partial charge is 0.338 e. The molecule has 2 aromatic rings. The Labute approximate surface area is 164 Å². The fraction of sp³-hybridized carbons (Fsp3) is 0.300. The number of para-hydroxylation sites is 1. The minimum atomic E-state index is -3.35. The first-order valence-electron chi connectivity index (χ1n) is 8.85. The first kappa shape index (κ1) is 19.9. The van der Waals surface area contributed by atoms with Crippen LogP contribution >= 0.6 is 0 Å². The lowest BCUT2D eigenvalue weighted by Gasteiger charge is -2.17. The van der Waals surface area contributed by atoms with E-state index in [1.807, 2.05) is 25.1 Å². The Hall–Kier alpha value is -2.87. The minimum Gasteiger partial charge on any atom is -0.449 e. The largest absolute Gasteiger partial charge is 0.449 e. The highest BCUT2D eigenvalue weighted by Crippen LogP contribution is 2.31. The van der Waals surface area contributed by atoms with Crippen molar-refractivity contribution >= 4 is 33.3 Å². The summed E-state index contributed by atoms with van der Waals surface area (Å²) >= 11 is 0. The van der Waals surface area contributed by atoms with Crippen LogP contribution in [0.1, 0.15) is 28.4 Å². The lowest BCUT2D eigenvalue weighted by atomic mass is 10.1. The SMILES string of the molecule is Cc1ccccc1NC(=O)C(C)OC(=O)c1ccc2c(c1)CCN2S(C)(=O)=O. The first-order valence-corrected chi connectivity index (χ1v) is 10.7. The average molecular weight is 402 g/mol. The number of carbonyl (C=O) groups is 2. The van der Waals surface area contributed by atoms with E-state index in [-0.39, 0.29) is 5.56 Å². The molecule has 0 spiro atoms. The van der Waals surface area contributed by atoms with E-state index in [0.717, 1.165) is 17.4 Å². The van der Waals surface area contributed by atoms with E-state index in [9.17, 15) is 18.0 Å². The summed E-state index contributed by atoms with van der Waals surface area (Å²) in [4.78, 5) is 24.7. The predicted molar refractivity (Wildman–Crippen MR) is 107 cm³/mol. The average Bonchev–Trinajstić information content (AvgIpc) is 3.07. The summed E-state index contributed by atoms with van der Waals surface area (Å²) in [6.45, 7) is 3.72. The van der Waals surface area contributed by atoms with Crippen molar-refractivity contribution in [2.45, 2.75) is 26.4 Å². The molecule has 28 heavy (non-hydrogen) atoms. The number of aryl methyl sites for hydroxylation is 1. The van der Waals surface area contributed by atoms with Gasteiger partial charge in [-0.15, -0.1) is 0 Å². The number of hydrogen-bond donors (Lipinski definition) is 1. The number of rotatable bonds is 5. The second kappa shape index (κ2) is 7.63. The summed E-state index contributed by atoms with van der Waals surface area (Å²) in [6, 6.07) is 12.0. The van der Waals surface area contributed by atoms with Crippen LogP contribution in [0.5, 0.6) is 0 Å². The number of ether oxygens (including phenoxy) is 1. The Bertz CT molecular complexity index is 1030. The van der Waals surface area contributed by atoms with Gasteiger partial charge < -0.3 is 10.1 Å². The number of nitrogens with one attached hydrogen (secondary N) is 1. The highest BCUT2D eigenvalue weighted by Gasteiger charge is 2.27. The molecule has 1 amide bonds. The van der Waals surface area contributed by atoms with E-state index in [1.54, 1.807) is 18.2 Å². The van der Waals surface area contributed by atoms with Crippen molar-refractivity contribution in [2.75, 3.05) is 22.4 Å². The van der Waals surface area contributed by atoms with Crippen LogP contribution in [0.4, 0.5) is 11.4 Å². The molecule has 0 saturated heterocycles. The summed E-state index contributed by atoms with van der Waals surface area (Å²) in [5.41, 5.74) is 3.18. The molecule has 148 valence electrons. The van der Waals surface area contributed by atoms with Crippen molar-refractivity contribution in [3.05, 3.63) is 59.2 Å². The predicted octanol–water partition coefficient (Wildman–Crippen LogP) is 2.50. The number of anilines is 2. The number of esters is 1. The Morgan fingerprint density at radius 3 is 2.57 bits per heavy atom. The molecule has 1 N–H and O–H groups in total. The Morgan fingerprint density at radius 2 is 1.89 bits per heavy atom. The van der Waals surface area contributed by atoms with Gasteiger partial charge in [-0.2, -0.15) is 0 Å². The van der Waals surface area contributed by atoms with Crippen molar-refractivity contribution in [1.29, 1.82) is 0 Å². The van der Waals surface area contributed by atoms with Crippen molar-refractivity contribution in [3.8, 4) is 0 Å². The molecule has 1 atom stereocenters. The topological polar surface area (TPSA) is 92.8 Å². The molecule has 0 fully saturated rings. The highest BCUT2D eigenvalue weighted by molar-refractivity contribution is 7.92. The number of amides is 1. The molecule has 0 aromatic heterocycles. The van der Waals surface area contributed by atoms with Gasteiger partial charge in [-0.05, 0) is 55.7 Å². The first-order chi connectivity index (χ1) is 13.2. The molecule has 3 rings (SSSR count). The molecule has 1 heterocycles. The second-order valence-electron chi connectivity index (χ2n) is 6.78. The zero-order valence-corrected chi connectivity index (χ0v) is 16.7. The van der Waals surface area contributed by atoms with E-state index in [1.165, 1.54) is 17.3 Å². The van der Waals surface area contributed by atoms with E-state index in [4.69, 9.17) is 4.74 Å². The molecule has 1 aliphatic heterocycles. The molecule has 8 heteroatoms. The summed E-state index contributed by atoms with van der Waals surface area (Å²) in [7, 11) is -3.35. The Balaban J connectivity index is 1.68. The van der Waals surface area contributed by atoms with Gasteiger partial charge in [0, 0.05) is 12.2 Å². The van der Waals surface area contributed by atoms with Crippen LogP contribution in [-0.2, 0) is 26.0 Å². The van der Waals surface area contributed by atoms with Gasteiger partial charge in [0.2, 0.25) is 10.0 Å². The number of benzene rings is 2. The molecular formula is C20H22N2O5S. The number of nitrogens with zero attached hydrogens (tertiary/aromatic N) is 1. The van der Waals surface area contributed by atoms with Crippen molar-refractivity contribution in [1.82, 2.24) is 0 Å². The van der Waals surface area contributed by atoms with Crippen LogP contribution in [-0.4, -0.2) is 39.2 Å². The van der Waals surface area contributed by atoms with E-state index >= 15 is 0 Å². The van der Waals surface area contributed by atoms with Gasteiger partial charge in [0.05, 0.1) is 17.5 Å². The third-order valence-corrected chi connectivity index (χ3v) is 5.80. The summed E-state index contributed by atoms with van der Waals surface area (Å²) in [5, 5.41) is 2.74. The number of sulfonamides is 1. The Kier molecular flexibility index (Phi) is 5.42. The standard InChI is InChI=1S/C20H22N2O5S/c1-13-6-4-5-7-17(13)21-19(23)14(2)27-20(24)16-8-9-18-15(12-16)10-11-22(18)28(3,25)26/h4-9,12,14H,10-11H2,1-3H3,(H,21,23). The van der Waals surface area contributed by atoms with Gasteiger partial charge in [0.1, 0.15) is 0 Å². The maximum Gasteiger partial charge on any atom is 0.338 e. The third kappa shape index (κ3) is 4.17. The zero-order valence-electron chi connectivity index (χ0n) is 15.9. The number of carbonyl (C=O) groups excluding carboxylic acids is 2. The molecule has 0 saturated carbocycles. The van der Waals surface area contributed by atoms with Crippen molar-refractivity contribution in [3.63, 3.8) is 0 Å². The maximum atomic E-state index is 12.4. The van der Waals surface area contributed by atoms with Gasteiger partial charge in [-0.25, -0.2) is 13.2 Å². The van der Waals surface area contributed by atoms with Gasteiger partial charge >= 0.3 is 5.97 Å². The van der Waals surface area contributed by atoms with Gasteiger partial charge in [-0.1, -0.05) is 18.2 Å². The van der Waals surface area contributed by atoms with Crippen LogP contribution in [0, 0.1) is 6.92 Å². The molecule has 1 unspecified atom stereocenters. The highest BCUT2D eigenvalue weighted by atomic mass is 32.2. The molecule has 0 radical (unpaired) electrons.